The molecule has 2 N–H and O–H groups in total. The average molecular weight is 196 g/mol. The summed E-state index contributed by atoms with van der Waals surface area (Å²) < 4.78 is 6.84. The summed E-state index contributed by atoms with van der Waals surface area (Å²) >= 11 is 0. The summed E-state index contributed by atoms with van der Waals surface area (Å²) in [5, 5.41) is 0. The molecule has 0 saturated carbocycles. The van der Waals surface area contributed by atoms with Crippen LogP contribution in [0.15, 0.2) is 23.1 Å². The van der Waals surface area contributed by atoms with Crippen LogP contribution in [0.25, 0.3) is 0 Å². The van der Waals surface area contributed by atoms with E-state index in [1.807, 2.05) is 6.92 Å². The number of ether oxygens (including phenoxy) is 1. The molecule has 0 spiro atoms. The first-order valence-electron chi connectivity index (χ1n) is 4.78. The normalized spacial score (nSPS) is 10.4. The number of nitrogens with zero attached hydrogens (tertiary/aromatic N) is 1. The Morgan fingerprint density at radius 3 is 3.00 bits per heavy atom. The lowest BCUT2D eigenvalue weighted by atomic mass is 10.4. The molecule has 4 nitrogen and oxygen atoms in total. The summed E-state index contributed by atoms with van der Waals surface area (Å²) in [6.45, 7) is 3.89. The summed E-state index contributed by atoms with van der Waals surface area (Å²) in [4.78, 5) is 11.4. The second-order valence-electron chi connectivity index (χ2n) is 3.07. The van der Waals surface area contributed by atoms with Gasteiger partial charge in [0.25, 0.3) is 5.56 Å². The Hall–Kier alpha value is -1.29. The fourth-order valence-electron chi connectivity index (χ4n) is 1.14. The molecule has 0 bridgehead atoms. The Morgan fingerprint density at radius 2 is 2.29 bits per heavy atom. The molecule has 0 unspecified atom stereocenters. The molecule has 0 aliphatic heterocycles. The van der Waals surface area contributed by atoms with Crippen LogP contribution in [-0.2, 0) is 11.3 Å². The quantitative estimate of drug-likeness (QED) is 0.710. The van der Waals surface area contributed by atoms with Gasteiger partial charge in [0.2, 0.25) is 0 Å². The highest BCUT2D eigenvalue weighted by molar-refractivity contribution is 5.33. The minimum Gasteiger partial charge on any atom is -0.394 e. The third kappa shape index (κ3) is 2.88. The molecule has 0 saturated heterocycles. The smallest absolute Gasteiger partial charge is 0.273 e. The number of pyridine rings is 1. The predicted molar refractivity (Wildman–Crippen MR) is 56.2 cm³/mol. The summed E-state index contributed by atoms with van der Waals surface area (Å²) in [7, 11) is 0. The molecule has 1 aromatic rings. The summed E-state index contributed by atoms with van der Waals surface area (Å²) in [5.41, 5.74) is 5.61. The van der Waals surface area contributed by atoms with Crippen molar-refractivity contribution in [3.05, 3.63) is 28.7 Å². The maximum Gasteiger partial charge on any atom is 0.273 e. The largest absolute Gasteiger partial charge is 0.394 e. The molecule has 0 fully saturated rings. The molecular formula is C10H16N2O2. The lowest BCUT2D eigenvalue weighted by Gasteiger charge is -2.06. The molecule has 0 atom stereocenters. The zero-order chi connectivity index (χ0) is 10.4. The second kappa shape index (κ2) is 5.44. The van der Waals surface area contributed by atoms with Crippen molar-refractivity contribution in [1.82, 2.24) is 4.57 Å². The van der Waals surface area contributed by atoms with Crippen LogP contribution in [0.2, 0.25) is 0 Å². The Kier molecular flexibility index (Phi) is 4.19. The van der Waals surface area contributed by atoms with Gasteiger partial charge in [0, 0.05) is 19.3 Å². The highest BCUT2D eigenvalue weighted by atomic mass is 16.5. The lowest BCUT2D eigenvalue weighted by molar-refractivity contribution is 0.126. The Bertz CT molecular complexity index is 333. The zero-order valence-electron chi connectivity index (χ0n) is 8.40. The van der Waals surface area contributed by atoms with E-state index in [1.165, 1.54) is 0 Å². The predicted octanol–water partition coefficient (Wildman–Crippen LogP) is 0.857. The van der Waals surface area contributed by atoms with Gasteiger partial charge in [-0.1, -0.05) is 6.92 Å². The van der Waals surface area contributed by atoms with Gasteiger partial charge in [-0.15, -0.1) is 0 Å². The molecule has 4 heteroatoms. The van der Waals surface area contributed by atoms with Gasteiger partial charge in [-0.2, -0.15) is 0 Å². The number of rotatable bonds is 5. The molecule has 0 aromatic carbocycles. The van der Waals surface area contributed by atoms with E-state index in [-0.39, 0.29) is 11.2 Å². The molecule has 0 aliphatic carbocycles. The van der Waals surface area contributed by atoms with Crippen LogP contribution < -0.4 is 11.3 Å². The standard InChI is InChI=1S/C10H16N2O2/c1-2-7-14-8-6-12-5-3-4-9(11)10(12)13/h3-5H,2,6-8,11H2,1H3. The first-order valence-corrected chi connectivity index (χ1v) is 4.78. The van der Waals surface area contributed by atoms with Crippen LogP contribution >= 0.6 is 0 Å². The molecule has 0 radical (unpaired) electrons. The van der Waals surface area contributed by atoms with E-state index in [4.69, 9.17) is 10.5 Å². The van der Waals surface area contributed by atoms with Gasteiger partial charge in [-0.25, -0.2) is 0 Å². The SMILES string of the molecule is CCCOCCn1cccc(N)c1=O. The Balaban J connectivity index is 2.51. The maximum atomic E-state index is 11.4. The molecule has 0 aliphatic rings. The van der Waals surface area contributed by atoms with Crippen LogP contribution in [0.4, 0.5) is 5.69 Å². The van der Waals surface area contributed by atoms with Crippen molar-refractivity contribution in [3.63, 3.8) is 0 Å². The zero-order valence-corrected chi connectivity index (χ0v) is 8.40. The number of nitrogens with two attached hydrogens (primary N) is 1. The van der Waals surface area contributed by atoms with E-state index in [9.17, 15) is 4.79 Å². The number of nitrogen functional groups attached to an aromatic ring is 1. The fraction of sp³-hybridized carbons (Fsp3) is 0.500. The van der Waals surface area contributed by atoms with Crippen LogP contribution in [-0.4, -0.2) is 17.8 Å². The van der Waals surface area contributed by atoms with Gasteiger partial charge in [0.05, 0.1) is 12.3 Å². The Morgan fingerprint density at radius 1 is 1.50 bits per heavy atom. The number of hydrogen-bond donors (Lipinski definition) is 1. The van der Waals surface area contributed by atoms with Gasteiger partial charge in [-0.05, 0) is 18.6 Å². The van der Waals surface area contributed by atoms with Gasteiger partial charge < -0.3 is 15.0 Å². The molecule has 78 valence electrons. The van der Waals surface area contributed by atoms with Gasteiger partial charge >= 0.3 is 0 Å². The Labute approximate surface area is 83.3 Å². The van der Waals surface area contributed by atoms with E-state index < -0.39 is 0 Å². The van der Waals surface area contributed by atoms with E-state index in [1.54, 1.807) is 22.9 Å². The third-order valence-corrected chi connectivity index (χ3v) is 1.87. The number of aromatic nitrogens is 1. The summed E-state index contributed by atoms with van der Waals surface area (Å²) in [6.07, 6.45) is 2.71. The van der Waals surface area contributed by atoms with Crippen molar-refractivity contribution in [3.8, 4) is 0 Å². The second-order valence-corrected chi connectivity index (χ2v) is 3.07. The van der Waals surface area contributed by atoms with Crippen molar-refractivity contribution in [2.75, 3.05) is 18.9 Å². The van der Waals surface area contributed by atoms with Gasteiger partial charge in [0.1, 0.15) is 0 Å². The van der Waals surface area contributed by atoms with E-state index in [2.05, 4.69) is 0 Å². The van der Waals surface area contributed by atoms with Crippen molar-refractivity contribution in [2.45, 2.75) is 19.9 Å². The average Bonchev–Trinajstić information content (AvgIpc) is 2.19. The maximum absolute atomic E-state index is 11.4. The van der Waals surface area contributed by atoms with Crippen molar-refractivity contribution >= 4 is 5.69 Å². The molecule has 14 heavy (non-hydrogen) atoms. The first kappa shape index (κ1) is 10.8. The van der Waals surface area contributed by atoms with Crippen molar-refractivity contribution in [2.24, 2.45) is 0 Å². The molecular weight excluding hydrogens is 180 g/mol. The van der Waals surface area contributed by atoms with Gasteiger partial charge in [-0.3, -0.25) is 4.79 Å². The first-order chi connectivity index (χ1) is 6.75. The summed E-state index contributed by atoms with van der Waals surface area (Å²) in [6, 6.07) is 3.36. The summed E-state index contributed by atoms with van der Waals surface area (Å²) in [5.74, 6) is 0. The fourth-order valence-corrected chi connectivity index (χ4v) is 1.14. The highest BCUT2D eigenvalue weighted by Gasteiger charge is 1.97. The monoisotopic (exact) mass is 196 g/mol. The lowest BCUT2D eigenvalue weighted by Crippen LogP contribution is -2.23. The third-order valence-electron chi connectivity index (χ3n) is 1.87. The van der Waals surface area contributed by atoms with Crippen LogP contribution in [0.1, 0.15) is 13.3 Å². The number of hydrogen-bond acceptors (Lipinski definition) is 3. The van der Waals surface area contributed by atoms with E-state index in [0.29, 0.717) is 13.2 Å². The minimum atomic E-state index is -0.146. The van der Waals surface area contributed by atoms with Crippen LogP contribution in [0.3, 0.4) is 0 Å². The van der Waals surface area contributed by atoms with Crippen molar-refractivity contribution in [1.29, 1.82) is 0 Å². The topological polar surface area (TPSA) is 57.2 Å². The van der Waals surface area contributed by atoms with Gasteiger partial charge in [0.15, 0.2) is 0 Å². The molecule has 0 amide bonds. The molecule has 1 heterocycles. The van der Waals surface area contributed by atoms with Crippen LogP contribution in [0, 0.1) is 0 Å². The van der Waals surface area contributed by atoms with E-state index in [0.717, 1.165) is 13.0 Å². The van der Waals surface area contributed by atoms with E-state index >= 15 is 0 Å². The molecule has 1 aromatic heterocycles. The van der Waals surface area contributed by atoms with Crippen LogP contribution in [0.5, 0.6) is 0 Å². The minimum absolute atomic E-state index is 0.146. The highest BCUT2D eigenvalue weighted by Crippen LogP contribution is 1.92. The van der Waals surface area contributed by atoms with Crippen molar-refractivity contribution < 1.29 is 4.74 Å². The number of anilines is 1. The molecule has 1 rings (SSSR count).